The van der Waals surface area contributed by atoms with Gasteiger partial charge in [-0.1, -0.05) is 44.6 Å². The fraction of sp³-hybridized carbons (Fsp3) is 0.778. The summed E-state index contributed by atoms with van der Waals surface area (Å²) in [6.07, 6.45) is 31.4. The highest BCUT2D eigenvalue weighted by molar-refractivity contribution is 6.11. The zero-order valence-electron chi connectivity index (χ0n) is 51.7. The third kappa shape index (κ3) is 7.55. The van der Waals surface area contributed by atoms with E-state index in [-0.39, 0.29) is 86.3 Å². The van der Waals surface area contributed by atoms with Gasteiger partial charge in [-0.15, -0.1) is 0 Å². The van der Waals surface area contributed by atoms with E-state index in [0.717, 1.165) is 51.0 Å². The van der Waals surface area contributed by atoms with Crippen LogP contribution in [-0.2, 0) is 14.2 Å². The number of hydrazine groups is 1. The second-order valence-electron chi connectivity index (χ2n) is 33.5. The molecule has 4 heterocycles. The maximum absolute atomic E-state index is 13.8. The van der Waals surface area contributed by atoms with Gasteiger partial charge in [0.25, 0.3) is 0 Å². The molecule has 17 rings (SSSR count). The molecule has 15 aliphatic rings. The third-order valence-corrected chi connectivity index (χ3v) is 29.6. The van der Waals surface area contributed by atoms with E-state index in [0.29, 0.717) is 54.1 Å². The van der Waals surface area contributed by atoms with E-state index in [9.17, 15) is 45.3 Å². The molecule has 2 aromatic rings. The van der Waals surface area contributed by atoms with E-state index in [1.165, 1.54) is 165 Å². The molecule has 10 saturated carbocycles. The third-order valence-electron chi connectivity index (χ3n) is 29.6. The van der Waals surface area contributed by atoms with Gasteiger partial charge >= 0.3 is 5.97 Å². The molecule has 2 bridgehead atoms. The lowest BCUT2D eigenvalue weighted by Gasteiger charge is -2.71. The van der Waals surface area contributed by atoms with Crippen molar-refractivity contribution in [2.24, 2.45) is 61.1 Å². The minimum atomic E-state index is -1.84. The van der Waals surface area contributed by atoms with Crippen molar-refractivity contribution < 1.29 is 64.3 Å². The number of ether oxygens (including phenoxy) is 4. The molecule has 10 spiro atoms. The second-order valence-corrected chi connectivity index (χ2v) is 33.5. The lowest BCUT2D eigenvalue weighted by Crippen LogP contribution is -2.81. The molecule has 0 radical (unpaired) electrons. The Morgan fingerprint density at radius 3 is 2.15 bits per heavy atom. The number of phenols is 2. The SMILES string of the molecule is CC(=O)c1c(C)c(O)c2cc(C(=O)O)cc(OC3OC(CO)C4(CC5C6=C(CC=C6C6(CCO)COCC7CC89CC5(NNC8CC5(CC8(CCCC8)CC58CCC5(CCCC5)C8)C9)C76)C5(CCCC6(CCC7(CCCC7)C6)C5)O4)C(O)C3O)c2c1O. The number of hydrogen-bond donors (Lipinski definition) is 9. The number of ketones is 1. The highest BCUT2D eigenvalue weighted by Gasteiger charge is 2.80. The Morgan fingerprint density at radius 1 is 0.747 bits per heavy atom. The van der Waals surface area contributed by atoms with Gasteiger partial charge in [-0.25, -0.2) is 4.79 Å². The van der Waals surface area contributed by atoms with Gasteiger partial charge in [-0.2, -0.15) is 0 Å². The van der Waals surface area contributed by atoms with E-state index in [1.807, 2.05) is 0 Å². The van der Waals surface area contributed by atoms with E-state index in [2.05, 4.69) is 16.9 Å². The van der Waals surface area contributed by atoms with Crippen molar-refractivity contribution in [3.8, 4) is 17.2 Å². The Kier molecular flexibility index (Phi) is 12.5. The Hall–Kier alpha value is -3.64. The van der Waals surface area contributed by atoms with Crippen molar-refractivity contribution in [3.05, 3.63) is 51.6 Å². The average Bonchev–Trinajstić information content (AvgIpc) is 1.59. The number of allylic oxidation sites excluding steroid dienone is 1. The van der Waals surface area contributed by atoms with Gasteiger partial charge < -0.3 is 54.7 Å². The monoisotopic (exact) mass is 1200 g/mol. The van der Waals surface area contributed by atoms with Crippen LogP contribution in [0.3, 0.4) is 0 Å². The normalized spacial score (nSPS) is 45.6. The van der Waals surface area contributed by atoms with Crippen LogP contribution < -0.4 is 15.6 Å². The number of carbonyl (C=O) groups excluding carboxylic acids is 1. The number of rotatable bonds is 7. The van der Waals surface area contributed by atoms with Crippen molar-refractivity contribution in [2.45, 2.75) is 260 Å². The highest BCUT2D eigenvalue weighted by atomic mass is 16.7. The minimum absolute atomic E-state index is 0.0190. The van der Waals surface area contributed by atoms with Crippen molar-refractivity contribution in [1.29, 1.82) is 0 Å². The number of aromatic hydroxyl groups is 2. The van der Waals surface area contributed by atoms with Crippen LogP contribution >= 0.6 is 0 Å². The molecular weight excluding hydrogens is 1100 g/mol. The highest BCUT2D eigenvalue weighted by Crippen LogP contribution is 2.83. The first-order chi connectivity index (χ1) is 41.7. The zero-order valence-corrected chi connectivity index (χ0v) is 51.7. The van der Waals surface area contributed by atoms with Gasteiger partial charge in [0.05, 0.1) is 35.3 Å². The summed E-state index contributed by atoms with van der Waals surface area (Å²) in [6, 6.07) is 2.62. The van der Waals surface area contributed by atoms with Crippen molar-refractivity contribution >= 4 is 22.5 Å². The number of aliphatic hydroxyl groups is 4. The summed E-state index contributed by atoms with van der Waals surface area (Å²) in [7, 11) is 0. The van der Waals surface area contributed by atoms with Crippen molar-refractivity contribution in [2.75, 3.05) is 26.4 Å². The molecule has 13 fully saturated rings. The van der Waals surface area contributed by atoms with Crippen LogP contribution in [0, 0.1) is 68.0 Å². The van der Waals surface area contributed by atoms with Crippen LogP contribution in [-0.4, -0.2) is 121 Å². The summed E-state index contributed by atoms with van der Waals surface area (Å²) in [5.41, 5.74) is 10.0. The van der Waals surface area contributed by atoms with Crippen LogP contribution in [0.5, 0.6) is 17.2 Å². The van der Waals surface area contributed by atoms with E-state index >= 15 is 0 Å². The van der Waals surface area contributed by atoms with Crippen molar-refractivity contribution in [1.82, 2.24) is 10.9 Å². The molecule has 3 saturated heterocycles. The van der Waals surface area contributed by atoms with Gasteiger partial charge in [0.2, 0.25) is 6.29 Å². The van der Waals surface area contributed by atoms with Gasteiger partial charge in [0.15, 0.2) is 5.78 Å². The summed E-state index contributed by atoms with van der Waals surface area (Å²) >= 11 is 0. The maximum atomic E-state index is 13.8. The first-order valence-electron chi connectivity index (χ1n) is 34.6. The molecule has 15 heteroatoms. The maximum Gasteiger partial charge on any atom is 0.335 e. The first-order valence-corrected chi connectivity index (χ1v) is 34.6. The zero-order chi connectivity index (χ0) is 59.7. The molecule has 15 nitrogen and oxygen atoms in total. The lowest BCUT2D eigenvalue weighted by molar-refractivity contribution is -0.349. The number of phenolic OH excluding ortho intramolecular Hbond substituents is 2. The molecule has 0 amide bonds. The Balaban J connectivity index is 0.822. The number of Topliss-reactive ketones (excluding diaryl/α,β-unsaturated/α-hetero) is 1. The Morgan fingerprint density at radius 2 is 1.43 bits per heavy atom. The molecule has 9 N–H and O–H groups in total. The van der Waals surface area contributed by atoms with Crippen LogP contribution in [0.25, 0.3) is 10.8 Å². The van der Waals surface area contributed by atoms with Crippen LogP contribution in [0.15, 0.2) is 34.9 Å². The minimum Gasteiger partial charge on any atom is -0.507 e. The molecule has 4 aliphatic heterocycles. The Labute approximate surface area is 512 Å². The molecular formula is C72H96N2O13. The van der Waals surface area contributed by atoms with Crippen LogP contribution in [0.4, 0.5) is 0 Å². The Bertz CT molecular complexity index is 3310. The van der Waals surface area contributed by atoms with E-state index in [1.54, 1.807) is 0 Å². The number of carboxylic acids is 1. The molecule has 16 unspecified atom stereocenters. The van der Waals surface area contributed by atoms with Crippen LogP contribution in [0.1, 0.15) is 232 Å². The largest absolute Gasteiger partial charge is 0.507 e. The van der Waals surface area contributed by atoms with Gasteiger partial charge in [0, 0.05) is 47.1 Å². The lowest BCUT2D eigenvalue weighted by atomic mass is 9.39. The number of nitrogens with one attached hydrogen (secondary N) is 2. The number of hydrogen-bond acceptors (Lipinski definition) is 14. The number of aromatic carboxylic acids is 1. The standard InChI is InChI=1S/C72H96N2O13/c1-41-52(42(2)77)56(79)53-45(55(41)78)26-43(60(82)83)27-49(53)85-61-57(80)59(81)72(51(31-76)86-61)29-48-54-46(10-11-47(54)70(87-72)19-9-18-65(37-70)21-20-62(33-65)12-3-4-13-62)69(24-25-75)40-84-32-44-28-66-38-68(30-50(66)73-74-71(48,39-66)58(44)69)36-64(16-7-8-17-64)35-67(68)23-22-63(34-67)14-5-6-15-63/h10,26-27,44,48,50-51,57-59,61,73-76,78-81H,3-9,11-25,28-40H2,1-2H3,(H,82,83). The number of carboxylic acid groups (broad SMARTS) is 1. The molecule has 87 heavy (non-hydrogen) atoms. The molecule has 16 atom stereocenters. The smallest absolute Gasteiger partial charge is 0.335 e. The average molecular weight is 1200 g/mol. The van der Waals surface area contributed by atoms with Gasteiger partial charge in [-0.3, -0.25) is 15.6 Å². The van der Waals surface area contributed by atoms with Crippen LogP contribution in [0.2, 0.25) is 0 Å². The predicted molar refractivity (Wildman–Crippen MR) is 323 cm³/mol. The predicted octanol–water partition coefficient (Wildman–Crippen LogP) is 11.2. The fourth-order valence-corrected chi connectivity index (χ4v) is 27.1. The first kappa shape index (κ1) is 57.3. The van der Waals surface area contributed by atoms with Crippen molar-refractivity contribution in [3.63, 3.8) is 0 Å². The molecule has 472 valence electrons. The summed E-state index contributed by atoms with van der Waals surface area (Å²) in [4.78, 5) is 25.9. The molecule has 0 aromatic heterocycles. The second kappa shape index (κ2) is 19.0. The number of benzene rings is 2. The summed E-state index contributed by atoms with van der Waals surface area (Å²) in [6.45, 7) is 3.29. The molecule has 2 aromatic carbocycles. The summed E-state index contributed by atoms with van der Waals surface area (Å²) in [5.74, 6) is -3.21. The number of carbonyl (C=O) groups is 2. The van der Waals surface area contributed by atoms with Gasteiger partial charge in [0.1, 0.15) is 41.2 Å². The summed E-state index contributed by atoms with van der Waals surface area (Å²) in [5, 5.41) is 84.5. The number of aliphatic hydroxyl groups excluding tert-OH is 4. The van der Waals surface area contributed by atoms with Gasteiger partial charge in [-0.05, 0) is 253 Å². The van der Waals surface area contributed by atoms with E-state index < -0.39 is 76.6 Å². The topological polar surface area (TPSA) is 237 Å². The quantitative estimate of drug-likeness (QED) is 0.0926. The molecule has 11 aliphatic carbocycles. The number of fused-ring (bicyclic) bond motifs is 4. The van der Waals surface area contributed by atoms with E-state index in [4.69, 9.17) is 18.9 Å². The fourth-order valence-electron chi connectivity index (χ4n) is 27.1. The summed E-state index contributed by atoms with van der Waals surface area (Å²) < 4.78 is 29.0.